The summed E-state index contributed by atoms with van der Waals surface area (Å²) in [6.07, 6.45) is 9.51. The molecule has 0 radical (unpaired) electrons. The first-order chi connectivity index (χ1) is 7.81. The second-order valence-electron chi connectivity index (χ2n) is 4.41. The summed E-state index contributed by atoms with van der Waals surface area (Å²) in [6, 6.07) is -0.00472. The summed E-state index contributed by atoms with van der Waals surface area (Å²) in [5, 5.41) is 18.8. The van der Waals surface area contributed by atoms with Gasteiger partial charge >= 0.3 is 0 Å². The number of aliphatic hydroxyl groups excluding tert-OH is 2. The van der Waals surface area contributed by atoms with Crippen LogP contribution in [0.25, 0.3) is 0 Å². The second-order valence-corrected chi connectivity index (χ2v) is 5.39. The highest BCUT2D eigenvalue weighted by molar-refractivity contribution is 8.03. The lowest BCUT2D eigenvalue weighted by atomic mass is 9.90. The summed E-state index contributed by atoms with van der Waals surface area (Å²) in [6.45, 7) is 0.136. The summed E-state index contributed by atoms with van der Waals surface area (Å²) in [5.41, 5.74) is 0.897. The van der Waals surface area contributed by atoms with Crippen LogP contribution in [0, 0.1) is 0 Å². The van der Waals surface area contributed by atoms with E-state index in [0.29, 0.717) is 0 Å². The summed E-state index contributed by atoms with van der Waals surface area (Å²) < 4.78 is 0. The van der Waals surface area contributed by atoms with Crippen LogP contribution >= 0.6 is 11.8 Å². The molecule has 0 aromatic carbocycles. The first-order valence-corrected chi connectivity index (χ1v) is 6.50. The zero-order valence-electron chi connectivity index (χ0n) is 8.97. The lowest BCUT2D eigenvalue weighted by molar-refractivity contribution is 0.127. The summed E-state index contributed by atoms with van der Waals surface area (Å²) in [5.74, 6) is 0.902. The van der Waals surface area contributed by atoms with Gasteiger partial charge in [0.05, 0.1) is 30.7 Å². The second kappa shape index (κ2) is 3.74. The molecule has 3 aliphatic rings. The van der Waals surface area contributed by atoms with Crippen molar-refractivity contribution in [1.29, 1.82) is 0 Å². The van der Waals surface area contributed by atoms with Gasteiger partial charge in [-0.05, 0) is 12.0 Å². The lowest BCUT2D eigenvalue weighted by Crippen LogP contribution is -2.46. The fourth-order valence-electron chi connectivity index (χ4n) is 2.89. The maximum absolute atomic E-state index is 9.46. The molecule has 3 rings (SSSR count). The molecule has 1 saturated heterocycles. The number of rotatable bonds is 2. The fourth-order valence-corrected chi connectivity index (χ4v) is 4.26. The van der Waals surface area contributed by atoms with Crippen LogP contribution in [0.15, 0.2) is 34.8 Å². The number of allylic oxidation sites excluding steroid dienone is 2. The van der Waals surface area contributed by atoms with Crippen LogP contribution in [0.3, 0.4) is 0 Å². The van der Waals surface area contributed by atoms with Crippen LogP contribution < -0.4 is 0 Å². The minimum absolute atomic E-state index is 0.00472. The minimum atomic E-state index is -0.0646. The van der Waals surface area contributed by atoms with Gasteiger partial charge in [-0.25, -0.2) is 0 Å². The first kappa shape index (κ1) is 10.6. The fraction of sp³-hybridized carbons (Fsp3) is 0.500. The van der Waals surface area contributed by atoms with Crippen LogP contribution in [0.5, 0.6) is 0 Å². The molecule has 1 spiro atoms. The van der Waals surface area contributed by atoms with Crippen LogP contribution in [0.4, 0.5) is 0 Å². The Morgan fingerprint density at radius 1 is 1.50 bits per heavy atom. The highest BCUT2D eigenvalue weighted by Crippen LogP contribution is 2.52. The first-order valence-electron chi connectivity index (χ1n) is 5.52. The normalized spacial score (nSPS) is 37.0. The lowest BCUT2D eigenvalue weighted by Gasteiger charge is -2.35. The molecule has 0 aromatic heterocycles. The summed E-state index contributed by atoms with van der Waals surface area (Å²) >= 11 is 1.84. The molecule has 3 nitrogen and oxygen atoms in total. The maximum Gasteiger partial charge on any atom is 0.0756 e. The molecular formula is C12H15NO2S. The molecule has 0 bridgehead atoms. The Morgan fingerprint density at radius 2 is 2.38 bits per heavy atom. The third kappa shape index (κ3) is 1.21. The smallest absolute Gasteiger partial charge is 0.0756 e. The van der Waals surface area contributed by atoms with E-state index in [4.69, 9.17) is 0 Å². The van der Waals surface area contributed by atoms with Gasteiger partial charge in [-0.3, -0.25) is 4.90 Å². The molecule has 2 aliphatic heterocycles. The van der Waals surface area contributed by atoms with Crippen molar-refractivity contribution in [3.63, 3.8) is 0 Å². The number of aliphatic hydroxyl groups is 2. The van der Waals surface area contributed by atoms with Crippen molar-refractivity contribution in [2.45, 2.75) is 18.0 Å². The predicted molar refractivity (Wildman–Crippen MR) is 64.9 cm³/mol. The van der Waals surface area contributed by atoms with Crippen LogP contribution in [0.2, 0.25) is 0 Å². The molecule has 4 heteroatoms. The Hall–Kier alpha value is -0.550. The zero-order chi connectivity index (χ0) is 11.2. The molecule has 86 valence electrons. The van der Waals surface area contributed by atoms with Gasteiger partial charge in [0.15, 0.2) is 0 Å². The molecular weight excluding hydrogens is 222 g/mol. The summed E-state index contributed by atoms with van der Waals surface area (Å²) in [7, 11) is 0. The minimum Gasteiger partial charge on any atom is -0.394 e. The number of nitrogens with zero attached hydrogens (tertiary/aromatic N) is 1. The third-order valence-electron chi connectivity index (χ3n) is 3.69. The summed E-state index contributed by atoms with van der Waals surface area (Å²) in [4.78, 5) is 3.65. The Labute approximate surface area is 99.1 Å². The average molecular weight is 237 g/mol. The van der Waals surface area contributed by atoms with E-state index in [-0.39, 0.29) is 24.8 Å². The Kier molecular flexibility index (Phi) is 2.47. The van der Waals surface area contributed by atoms with E-state index in [1.165, 1.54) is 4.91 Å². The van der Waals surface area contributed by atoms with Gasteiger partial charge in [-0.15, -0.1) is 11.8 Å². The molecule has 2 atom stereocenters. The standard InChI is InChI=1S/C12H15NO2S/c14-6-9-5-12-4-2-1-3-11(12)16-8-13(12)10(9)7-15/h1-3,5,10,14-15H,4,6-8H2. The third-order valence-corrected chi connectivity index (χ3v) is 4.90. The Bertz CT molecular complexity index is 402. The van der Waals surface area contributed by atoms with Gasteiger partial charge in [0.25, 0.3) is 0 Å². The molecule has 2 unspecified atom stereocenters. The van der Waals surface area contributed by atoms with Crippen LogP contribution in [-0.2, 0) is 0 Å². The molecule has 1 aliphatic carbocycles. The van der Waals surface area contributed by atoms with E-state index in [1.807, 2.05) is 11.8 Å². The largest absolute Gasteiger partial charge is 0.394 e. The van der Waals surface area contributed by atoms with E-state index >= 15 is 0 Å². The molecule has 2 heterocycles. The van der Waals surface area contributed by atoms with Crippen molar-refractivity contribution < 1.29 is 10.2 Å². The molecule has 2 N–H and O–H groups in total. The van der Waals surface area contributed by atoms with Crippen molar-refractivity contribution in [1.82, 2.24) is 4.90 Å². The van der Waals surface area contributed by atoms with E-state index < -0.39 is 0 Å². The molecule has 1 fully saturated rings. The SMILES string of the molecule is OCC1=CC23CC=CC=C2SCN3C1CO. The molecule has 16 heavy (non-hydrogen) atoms. The monoisotopic (exact) mass is 237 g/mol. The number of thioether (sulfide) groups is 1. The van der Waals surface area contributed by atoms with Crippen molar-refractivity contribution >= 4 is 11.8 Å². The van der Waals surface area contributed by atoms with Crippen molar-refractivity contribution in [2.24, 2.45) is 0 Å². The quantitative estimate of drug-likeness (QED) is 0.699. The maximum atomic E-state index is 9.46. The van der Waals surface area contributed by atoms with Gasteiger partial charge in [0, 0.05) is 4.91 Å². The highest BCUT2D eigenvalue weighted by Gasteiger charge is 2.51. The van der Waals surface area contributed by atoms with Crippen LogP contribution in [0.1, 0.15) is 6.42 Å². The van der Waals surface area contributed by atoms with Crippen molar-refractivity contribution in [3.8, 4) is 0 Å². The van der Waals surface area contributed by atoms with Crippen molar-refractivity contribution in [3.05, 3.63) is 34.8 Å². The Morgan fingerprint density at radius 3 is 3.12 bits per heavy atom. The van der Waals surface area contributed by atoms with Gasteiger partial charge in [-0.1, -0.05) is 24.3 Å². The number of hydrogen-bond acceptors (Lipinski definition) is 4. The van der Waals surface area contributed by atoms with Gasteiger partial charge in [-0.2, -0.15) is 0 Å². The number of hydrogen-bond donors (Lipinski definition) is 2. The predicted octanol–water partition coefficient (Wildman–Crippen LogP) is 0.868. The zero-order valence-corrected chi connectivity index (χ0v) is 9.78. The van der Waals surface area contributed by atoms with Crippen LogP contribution in [-0.4, -0.2) is 45.8 Å². The Balaban J connectivity index is 2.05. The van der Waals surface area contributed by atoms with E-state index in [2.05, 4.69) is 29.2 Å². The highest BCUT2D eigenvalue weighted by atomic mass is 32.2. The topological polar surface area (TPSA) is 43.7 Å². The van der Waals surface area contributed by atoms with Gasteiger partial charge in [0.1, 0.15) is 0 Å². The molecule has 0 amide bonds. The van der Waals surface area contributed by atoms with E-state index in [0.717, 1.165) is 17.9 Å². The van der Waals surface area contributed by atoms with E-state index in [9.17, 15) is 10.2 Å². The molecule has 0 aromatic rings. The van der Waals surface area contributed by atoms with E-state index in [1.54, 1.807) is 0 Å². The van der Waals surface area contributed by atoms with Crippen molar-refractivity contribution in [2.75, 3.05) is 19.1 Å². The average Bonchev–Trinajstić information content (AvgIpc) is 2.80. The molecule has 0 saturated carbocycles. The van der Waals surface area contributed by atoms with Gasteiger partial charge < -0.3 is 10.2 Å². The van der Waals surface area contributed by atoms with Gasteiger partial charge in [0.2, 0.25) is 0 Å².